The minimum Gasteiger partial charge on any atom is -0.493 e. The molecular formula is C24H19FN2O7. The molecule has 1 aliphatic rings. The Kier molecular flexibility index (Phi) is 5.00. The fourth-order valence-corrected chi connectivity index (χ4v) is 4.22. The first kappa shape index (κ1) is 21.5. The highest BCUT2D eigenvalue weighted by Crippen LogP contribution is 2.46. The van der Waals surface area contributed by atoms with Crippen molar-refractivity contribution in [2.75, 3.05) is 26.2 Å². The summed E-state index contributed by atoms with van der Waals surface area (Å²) in [7, 11) is 4.38. The van der Waals surface area contributed by atoms with E-state index >= 15 is 0 Å². The maximum absolute atomic E-state index is 14.0. The van der Waals surface area contributed by atoms with Gasteiger partial charge in [0.1, 0.15) is 17.2 Å². The molecule has 34 heavy (non-hydrogen) atoms. The average molecular weight is 466 g/mol. The zero-order chi connectivity index (χ0) is 24.1. The third-order valence-electron chi connectivity index (χ3n) is 5.70. The Morgan fingerprint density at radius 2 is 1.71 bits per heavy atom. The van der Waals surface area contributed by atoms with Gasteiger partial charge in [-0.3, -0.25) is 14.5 Å². The molecule has 0 aliphatic carbocycles. The normalized spacial score (nSPS) is 15.0. The number of aryl methyl sites for hydroxylation is 1. The molecule has 174 valence electrons. The van der Waals surface area contributed by atoms with Crippen LogP contribution in [-0.2, 0) is 0 Å². The number of anilines is 1. The zero-order valence-corrected chi connectivity index (χ0v) is 18.7. The van der Waals surface area contributed by atoms with Crippen LogP contribution in [0.2, 0.25) is 0 Å². The van der Waals surface area contributed by atoms with Gasteiger partial charge in [0.15, 0.2) is 22.7 Å². The van der Waals surface area contributed by atoms with Crippen LogP contribution in [0.5, 0.6) is 17.2 Å². The fraction of sp³-hybridized carbons (Fsp3) is 0.208. The van der Waals surface area contributed by atoms with Crippen LogP contribution in [0.4, 0.5) is 10.2 Å². The molecule has 0 fully saturated rings. The van der Waals surface area contributed by atoms with E-state index in [9.17, 15) is 14.0 Å². The number of benzene rings is 2. The van der Waals surface area contributed by atoms with Crippen molar-refractivity contribution in [1.82, 2.24) is 5.16 Å². The smallest absolute Gasteiger partial charge is 0.296 e. The third kappa shape index (κ3) is 3.10. The summed E-state index contributed by atoms with van der Waals surface area (Å²) in [5.74, 6) is 0.285. The Bertz CT molecular complexity index is 1480. The van der Waals surface area contributed by atoms with E-state index in [-0.39, 0.29) is 28.1 Å². The van der Waals surface area contributed by atoms with Crippen molar-refractivity contribution in [3.8, 4) is 17.2 Å². The number of hydrogen-bond donors (Lipinski definition) is 0. The number of aromatic nitrogens is 1. The van der Waals surface area contributed by atoms with E-state index in [1.807, 2.05) is 0 Å². The summed E-state index contributed by atoms with van der Waals surface area (Å²) in [6.45, 7) is 1.68. The molecule has 10 heteroatoms. The molecule has 9 nitrogen and oxygen atoms in total. The quantitative estimate of drug-likeness (QED) is 0.435. The average Bonchev–Trinajstić information content (AvgIpc) is 3.39. The lowest BCUT2D eigenvalue weighted by Crippen LogP contribution is -2.29. The number of nitrogens with zero attached hydrogens (tertiary/aromatic N) is 2. The highest BCUT2D eigenvalue weighted by Gasteiger charge is 2.45. The van der Waals surface area contributed by atoms with Crippen LogP contribution in [0.15, 0.2) is 50.1 Å². The lowest BCUT2D eigenvalue weighted by atomic mass is 9.97. The fourth-order valence-electron chi connectivity index (χ4n) is 4.22. The van der Waals surface area contributed by atoms with Gasteiger partial charge in [-0.25, -0.2) is 4.39 Å². The van der Waals surface area contributed by atoms with Crippen molar-refractivity contribution >= 4 is 22.7 Å². The molecule has 0 N–H and O–H groups in total. The monoisotopic (exact) mass is 466 g/mol. The number of rotatable bonds is 5. The molecule has 0 bridgehead atoms. The summed E-state index contributed by atoms with van der Waals surface area (Å²) >= 11 is 0. The first-order valence-corrected chi connectivity index (χ1v) is 10.2. The minimum absolute atomic E-state index is 0.0159. The van der Waals surface area contributed by atoms with Gasteiger partial charge in [0.25, 0.3) is 5.91 Å². The van der Waals surface area contributed by atoms with Crippen LogP contribution in [0.25, 0.3) is 11.0 Å². The molecule has 2 aromatic carbocycles. The molecule has 1 aliphatic heterocycles. The molecule has 0 saturated heterocycles. The van der Waals surface area contributed by atoms with E-state index in [2.05, 4.69) is 5.16 Å². The molecule has 5 rings (SSSR count). The molecule has 0 radical (unpaired) electrons. The molecule has 0 unspecified atom stereocenters. The highest BCUT2D eigenvalue weighted by atomic mass is 19.1. The Hall–Kier alpha value is -4.34. The Balaban J connectivity index is 1.84. The summed E-state index contributed by atoms with van der Waals surface area (Å²) in [6, 6.07) is 7.40. The van der Waals surface area contributed by atoms with Gasteiger partial charge in [-0.05, 0) is 42.8 Å². The van der Waals surface area contributed by atoms with E-state index in [1.165, 1.54) is 32.3 Å². The SMILES string of the molecule is COc1cc([C@H]2c3c(oc4ccc(F)cc4c3=O)C(=O)N2c2cc(C)on2)cc(OC)c1OC. The zero-order valence-electron chi connectivity index (χ0n) is 18.7. The maximum Gasteiger partial charge on any atom is 0.296 e. The lowest BCUT2D eigenvalue weighted by Gasteiger charge is -2.24. The minimum atomic E-state index is -0.982. The van der Waals surface area contributed by atoms with Crippen LogP contribution in [0, 0.1) is 12.7 Å². The van der Waals surface area contributed by atoms with Crippen molar-refractivity contribution < 1.29 is 32.3 Å². The lowest BCUT2D eigenvalue weighted by molar-refractivity contribution is 0.0969. The third-order valence-corrected chi connectivity index (χ3v) is 5.70. The Morgan fingerprint density at radius 3 is 2.29 bits per heavy atom. The van der Waals surface area contributed by atoms with E-state index in [4.69, 9.17) is 23.2 Å². The van der Waals surface area contributed by atoms with E-state index in [1.54, 1.807) is 25.1 Å². The van der Waals surface area contributed by atoms with Gasteiger partial charge < -0.3 is 23.2 Å². The summed E-state index contributed by atoms with van der Waals surface area (Å²) in [6.07, 6.45) is 0. The predicted molar refractivity (Wildman–Crippen MR) is 118 cm³/mol. The van der Waals surface area contributed by atoms with Crippen molar-refractivity contribution in [2.24, 2.45) is 0 Å². The predicted octanol–water partition coefficient (Wildman–Crippen LogP) is 4.00. The second-order valence-corrected chi connectivity index (χ2v) is 7.65. The first-order valence-electron chi connectivity index (χ1n) is 10.2. The van der Waals surface area contributed by atoms with Gasteiger partial charge in [0, 0.05) is 6.07 Å². The maximum atomic E-state index is 14.0. The van der Waals surface area contributed by atoms with Crippen LogP contribution < -0.4 is 24.5 Å². The molecule has 2 aromatic heterocycles. The van der Waals surface area contributed by atoms with Crippen LogP contribution >= 0.6 is 0 Å². The topological polar surface area (TPSA) is 104 Å². The number of halogens is 1. The number of amides is 1. The standard InChI is InChI=1S/C24H19FN2O7/c1-11-7-18(26-34-11)27-20(12-8-16(30-2)22(32-4)17(9-12)31-3)19-21(28)14-10-13(25)5-6-15(14)33-23(19)24(27)29/h5-10,20H,1-4H3/t20-/m0/s1. The summed E-state index contributed by atoms with van der Waals surface area (Å²) in [4.78, 5) is 28.4. The summed E-state index contributed by atoms with van der Waals surface area (Å²) in [5, 5.41) is 3.99. The molecule has 3 heterocycles. The molecule has 0 spiro atoms. The van der Waals surface area contributed by atoms with Crippen molar-refractivity contribution in [2.45, 2.75) is 13.0 Å². The van der Waals surface area contributed by atoms with Gasteiger partial charge in [-0.15, -0.1) is 0 Å². The molecule has 1 atom stereocenters. The van der Waals surface area contributed by atoms with Crippen molar-refractivity contribution in [1.29, 1.82) is 0 Å². The number of hydrogen-bond acceptors (Lipinski definition) is 8. The summed E-state index contributed by atoms with van der Waals surface area (Å²) in [5.41, 5.74) is 0.0641. The number of carbonyl (C=O) groups is 1. The second kappa shape index (κ2) is 7.91. The number of fused-ring (bicyclic) bond motifs is 2. The van der Waals surface area contributed by atoms with Crippen LogP contribution in [0.3, 0.4) is 0 Å². The van der Waals surface area contributed by atoms with Crippen LogP contribution in [-0.4, -0.2) is 32.4 Å². The number of ether oxygens (including phenoxy) is 3. The molecule has 0 saturated carbocycles. The van der Waals surface area contributed by atoms with Gasteiger partial charge in [0.05, 0.1) is 38.3 Å². The number of methoxy groups -OCH3 is 3. The highest BCUT2D eigenvalue weighted by molar-refractivity contribution is 6.10. The molecule has 4 aromatic rings. The van der Waals surface area contributed by atoms with Gasteiger partial charge in [-0.2, -0.15) is 0 Å². The van der Waals surface area contributed by atoms with Gasteiger partial charge in [0.2, 0.25) is 11.5 Å². The van der Waals surface area contributed by atoms with E-state index < -0.39 is 23.2 Å². The van der Waals surface area contributed by atoms with E-state index in [0.29, 0.717) is 28.6 Å². The Morgan fingerprint density at radius 1 is 1.00 bits per heavy atom. The van der Waals surface area contributed by atoms with E-state index in [0.717, 1.165) is 12.1 Å². The largest absolute Gasteiger partial charge is 0.493 e. The van der Waals surface area contributed by atoms with Gasteiger partial charge in [-0.1, -0.05) is 5.16 Å². The first-order chi connectivity index (χ1) is 16.4. The van der Waals surface area contributed by atoms with Crippen molar-refractivity contribution in [3.63, 3.8) is 0 Å². The second-order valence-electron chi connectivity index (χ2n) is 7.65. The number of carbonyl (C=O) groups excluding carboxylic acids is 1. The van der Waals surface area contributed by atoms with Gasteiger partial charge >= 0.3 is 0 Å². The van der Waals surface area contributed by atoms with Crippen LogP contribution in [0.1, 0.15) is 33.5 Å². The molecular weight excluding hydrogens is 447 g/mol. The molecule has 1 amide bonds. The Labute approximate surface area is 192 Å². The summed E-state index contributed by atoms with van der Waals surface area (Å²) < 4.78 is 41.3. The van der Waals surface area contributed by atoms with Crippen molar-refractivity contribution in [3.05, 3.63) is 75.1 Å².